The van der Waals surface area contributed by atoms with Crippen molar-refractivity contribution in [1.82, 2.24) is 9.97 Å². The van der Waals surface area contributed by atoms with Gasteiger partial charge in [0.25, 0.3) is 0 Å². The zero-order valence-corrected chi connectivity index (χ0v) is 17.3. The molecular formula is C23H22F3N3O3. The summed E-state index contributed by atoms with van der Waals surface area (Å²) in [4.78, 5) is 10.4. The van der Waals surface area contributed by atoms with Gasteiger partial charge in [0.05, 0.1) is 42.9 Å². The molecule has 4 rings (SSSR count). The van der Waals surface area contributed by atoms with Gasteiger partial charge in [-0.15, -0.1) is 0 Å². The van der Waals surface area contributed by atoms with Gasteiger partial charge in [-0.3, -0.25) is 0 Å². The number of aliphatic hydroxyl groups is 1. The maximum atomic E-state index is 12.7. The molecule has 9 heteroatoms. The van der Waals surface area contributed by atoms with Crippen LogP contribution >= 0.6 is 0 Å². The Morgan fingerprint density at radius 1 is 1.12 bits per heavy atom. The lowest BCUT2D eigenvalue weighted by Crippen LogP contribution is -2.26. The van der Waals surface area contributed by atoms with Crippen molar-refractivity contribution in [2.24, 2.45) is 0 Å². The Balaban J connectivity index is 1.48. The van der Waals surface area contributed by atoms with Crippen LogP contribution in [-0.4, -0.2) is 41.4 Å². The average Bonchev–Trinajstić information content (AvgIpc) is 3.26. The van der Waals surface area contributed by atoms with Crippen LogP contribution in [0.1, 0.15) is 17.7 Å². The van der Waals surface area contributed by atoms with Gasteiger partial charge in [-0.25, -0.2) is 9.97 Å². The number of alkyl halides is 3. The Hall–Kier alpha value is -3.33. The van der Waals surface area contributed by atoms with Crippen LogP contribution in [-0.2, 0) is 12.8 Å². The molecule has 3 aromatic rings. The molecule has 0 radical (unpaired) electrons. The summed E-state index contributed by atoms with van der Waals surface area (Å²) in [6, 6.07) is 13.5. The van der Waals surface area contributed by atoms with E-state index in [-0.39, 0.29) is 18.6 Å². The van der Waals surface area contributed by atoms with E-state index in [2.05, 4.69) is 9.97 Å². The summed E-state index contributed by atoms with van der Waals surface area (Å²) in [6.07, 6.45) is -3.23. The highest BCUT2D eigenvalue weighted by molar-refractivity contribution is 5.69. The molecule has 32 heavy (non-hydrogen) atoms. The second-order valence-electron chi connectivity index (χ2n) is 7.38. The van der Waals surface area contributed by atoms with Crippen LogP contribution in [0.25, 0.3) is 11.3 Å². The van der Waals surface area contributed by atoms with Gasteiger partial charge in [-0.2, -0.15) is 13.2 Å². The molecule has 0 aliphatic carbocycles. The Labute approximate surface area is 183 Å². The predicted molar refractivity (Wildman–Crippen MR) is 113 cm³/mol. The number of hydrogen-bond donors (Lipinski definition) is 1. The van der Waals surface area contributed by atoms with Gasteiger partial charge in [0.15, 0.2) is 0 Å². The summed E-state index contributed by atoms with van der Waals surface area (Å²) < 4.78 is 49.3. The molecule has 0 spiro atoms. The minimum Gasteiger partial charge on any atom is -0.496 e. The van der Waals surface area contributed by atoms with Crippen LogP contribution in [0.2, 0.25) is 0 Å². The Bertz CT molecular complexity index is 1070. The van der Waals surface area contributed by atoms with Gasteiger partial charge >= 0.3 is 6.18 Å². The molecule has 2 aromatic heterocycles. The summed E-state index contributed by atoms with van der Waals surface area (Å²) >= 11 is 0. The number of nitrogens with zero attached hydrogens (tertiary/aromatic N) is 3. The van der Waals surface area contributed by atoms with E-state index in [0.717, 1.165) is 23.5 Å². The Kier molecular flexibility index (Phi) is 6.18. The lowest BCUT2D eigenvalue weighted by molar-refractivity contribution is -0.137. The predicted octanol–water partition coefficient (Wildman–Crippen LogP) is 4.32. The summed E-state index contributed by atoms with van der Waals surface area (Å²) in [6.45, 7) is 0.931. The van der Waals surface area contributed by atoms with Crippen LogP contribution in [0.5, 0.6) is 11.6 Å². The monoisotopic (exact) mass is 445 g/mol. The summed E-state index contributed by atoms with van der Waals surface area (Å²) in [5, 5.41) is 9.92. The zero-order valence-electron chi connectivity index (χ0n) is 17.3. The standard InChI is InChI=1S/C23H22F3N3O3/c1-31-21-5-3-2-4-17(21)18-7-8-20(19(14-30)28-18)29-11-10-16(13-29)32-22-9-6-15(12-27-22)23(24,25)26/h2-9,12,16,30H,10-11,13-14H2,1H3/t16-/m0/s1. The molecule has 0 amide bonds. The maximum absolute atomic E-state index is 12.7. The lowest BCUT2D eigenvalue weighted by atomic mass is 10.1. The highest BCUT2D eigenvalue weighted by Gasteiger charge is 2.31. The van der Waals surface area contributed by atoms with Crippen LogP contribution < -0.4 is 14.4 Å². The minimum atomic E-state index is -4.43. The van der Waals surface area contributed by atoms with E-state index < -0.39 is 11.7 Å². The van der Waals surface area contributed by atoms with Crippen molar-refractivity contribution < 1.29 is 27.8 Å². The van der Waals surface area contributed by atoms with Crippen LogP contribution in [0.4, 0.5) is 18.9 Å². The van der Waals surface area contributed by atoms with Gasteiger partial charge in [0.1, 0.15) is 11.9 Å². The minimum absolute atomic E-state index is 0.150. The number of pyridine rings is 2. The van der Waals surface area contributed by atoms with Crippen molar-refractivity contribution in [3.05, 3.63) is 66.0 Å². The van der Waals surface area contributed by atoms with Gasteiger partial charge in [0, 0.05) is 30.8 Å². The molecule has 168 valence electrons. The highest BCUT2D eigenvalue weighted by atomic mass is 19.4. The van der Waals surface area contributed by atoms with Crippen molar-refractivity contribution in [1.29, 1.82) is 0 Å². The number of anilines is 1. The molecule has 0 saturated carbocycles. The fraction of sp³-hybridized carbons (Fsp3) is 0.304. The average molecular weight is 445 g/mol. The number of ether oxygens (including phenoxy) is 2. The molecule has 1 saturated heterocycles. The van der Waals surface area contributed by atoms with E-state index in [0.29, 0.717) is 36.6 Å². The molecule has 1 aromatic carbocycles. The molecule has 1 aliphatic rings. The van der Waals surface area contributed by atoms with E-state index in [1.165, 1.54) is 6.07 Å². The highest BCUT2D eigenvalue weighted by Crippen LogP contribution is 2.33. The molecule has 3 heterocycles. The van der Waals surface area contributed by atoms with E-state index in [1.807, 2.05) is 41.3 Å². The molecule has 1 atom stereocenters. The summed E-state index contributed by atoms with van der Waals surface area (Å²) in [7, 11) is 1.59. The van der Waals surface area contributed by atoms with E-state index >= 15 is 0 Å². The van der Waals surface area contributed by atoms with E-state index in [9.17, 15) is 18.3 Å². The molecule has 1 fully saturated rings. The van der Waals surface area contributed by atoms with Crippen molar-refractivity contribution in [3.63, 3.8) is 0 Å². The van der Waals surface area contributed by atoms with Crippen LogP contribution in [0.3, 0.4) is 0 Å². The van der Waals surface area contributed by atoms with Crippen molar-refractivity contribution in [2.45, 2.75) is 25.3 Å². The first-order valence-electron chi connectivity index (χ1n) is 10.1. The van der Waals surface area contributed by atoms with Crippen molar-refractivity contribution in [3.8, 4) is 22.9 Å². The summed E-state index contributed by atoms with van der Waals surface area (Å²) in [5.74, 6) is 0.840. The van der Waals surface area contributed by atoms with Crippen LogP contribution in [0.15, 0.2) is 54.7 Å². The fourth-order valence-corrected chi connectivity index (χ4v) is 3.74. The van der Waals surface area contributed by atoms with Crippen molar-refractivity contribution in [2.75, 3.05) is 25.1 Å². The number of rotatable bonds is 6. The largest absolute Gasteiger partial charge is 0.496 e. The van der Waals surface area contributed by atoms with E-state index in [4.69, 9.17) is 9.47 Å². The number of halogens is 3. The Morgan fingerprint density at radius 2 is 1.94 bits per heavy atom. The second kappa shape index (κ2) is 9.04. The second-order valence-corrected chi connectivity index (χ2v) is 7.38. The Morgan fingerprint density at radius 3 is 2.62 bits per heavy atom. The topological polar surface area (TPSA) is 67.7 Å². The number of para-hydroxylation sites is 1. The molecule has 6 nitrogen and oxygen atoms in total. The third kappa shape index (κ3) is 4.62. The first-order valence-corrected chi connectivity index (χ1v) is 10.1. The van der Waals surface area contributed by atoms with E-state index in [1.54, 1.807) is 7.11 Å². The fourth-order valence-electron chi connectivity index (χ4n) is 3.74. The first kappa shape index (κ1) is 21.9. The molecule has 1 aliphatic heterocycles. The third-order valence-corrected chi connectivity index (χ3v) is 5.32. The van der Waals surface area contributed by atoms with Crippen LogP contribution in [0, 0.1) is 0 Å². The quantitative estimate of drug-likeness (QED) is 0.610. The number of hydrogen-bond acceptors (Lipinski definition) is 6. The van der Waals surface area contributed by atoms with Gasteiger partial charge < -0.3 is 19.5 Å². The number of methoxy groups -OCH3 is 1. The lowest BCUT2D eigenvalue weighted by Gasteiger charge is -2.22. The summed E-state index contributed by atoms with van der Waals surface area (Å²) in [5.41, 5.74) is 2.02. The maximum Gasteiger partial charge on any atom is 0.417 e. The van der Waals surface area contributed by atoms with Gasteiger partial charge in [-0.1, -0.05) is 12.1 Å². The van der Waals surface area contributed by atoms with Crippen molar-refractivity contribution >= 4 is 5.69 Å². The number of aromatic nitrogens is 2. The molecule has 0 bridgehead atoms. The molecule has 1 N–H and O–H groups in total. The first-order chi connectivity index (χ1) is 15.4. The molecular weight excluding hydrogens is 423 g/mol. The third-order valence-electron chi connectivity index (χ3n) is 5.32. The number of aliphatic hydroxyl groups excluding tert-OH is 1. The SMILES string of the molecule is COc1ccccc1-c1ccc(N2CC[C@H](Oc3ccc(C(F)(F)F)cn3)C2)c(CO)n1. The molecule has 0 unspecified atom stereocenters. The number of benzene rings is 1. The zero-order chi connectivity index (χ0) is 22.7. The van der Waals surface area contributed by atoms with Gasteiger partial charge in [-0.05, 0) is 30.3 Å². The smallest absolute Gasteiger partial charge is 0.417 e. The normalized spacial score (nSPS) is 16.3. The van der Waals surface area contributed by atoms with Gasteiger partial charge in [0.2, 0.25) is 5.88 Å².